The standard InChI is InChI=1S/C15H25N3O/c1-11-13(12(2)17(3)16-11)10-18-8-6-15(7-9-18)5-4-14(15)19/h14,19H,4-10H2,1-3H3. The molecule has 3 rings (SSSR count). The van der Waals surface area contributed by atoms with Crippen molar-refractivity contribution in [3.63, 3.8) is 0 Å². The normalized spacial score (nSPS) is 26.6. The van der Waals surface area contributed by atoms with Crippen LogP contribution >= 0.6 is 0 Å². The number of aliphatic hydroxyl groups excluding tert-OH is 1. The van der Waals surface area contributed by atoms with Crippen LogP contribution in [0.25, 0.3) is 0 Å². The van der Waals surface area contributed by atoms with Crippen LogP contribution in [-0.2, 0) is 13.6 Å². The average Bonchev–Trinajstić information content (AvgIpc) is 2.64. The van der Waals surface area contributed by atoms with Crippen LogP contribution in [-0.4, -0.2) is 39.0 Å². The van der Waals surface area contributed by atoms with E-state index in [4.69, 9.17) is 0 Å². The molecule has 4 nitrogen and oxygen atoms in total. The highest BCUT2D eigenvalue weighted by atomic mass is 16.3. The lowest BCUT2D eigenvalue weighted by atomic mass is 9.61. The summed E-state index contributed by atoms with van der Waals surface area (Å²) in [5.74, 6) is 0. The first-order chi connectivity index (χ1) is 9.02. The van der Waals surface area contributed by atoms with Crippen LogP contribution in [0, 0.1) is 19.3 Å². The average molecular weight is 263 g/mol. The van der Waals surface area contributed by atoms with Crippen molar-refractivity contribution in [3.8, 4) is 0 Å². The molecule has 0 radical (unpaired) electrons. The molecule has 2 heterocycles. The zero-order valence-electron chi connectivity index (χ0n) is 12.3. The van der Waals surface area contributed by atoms with Gasteiger partial charge in [0.2, 0.25) is 0 Å². The van der Waals surface area contributed by atoms with Crippen LogP contribution in [0.5, 0.6) is 0 Å². The zero-order chi connectivity index (χ0) is 13.6. The van der Waals surface area contributed by atoms with Crippen LogP contribution in [0.2, 0.25) is 0 Å². The minimum atomic E-state index is -0.0310. The van der Waals surface area contributed by atoms with Crippen molar-refractivity contribution in [1.29, 1.82) is 0 Å². The molecular weight excluding hydrogens is 238 g/mol. The van der Waals surface area contributed by atoms with Gasteiger partial charge in [0.05, 0.1) is 11.8 Å². The summed E-state index contributed by atoms with van der Waals surface area (Å²) in [4.78, 5) is 2.52. The lowest BCUT2D eigenvalue weighted by Crippen LogP contribution is -2.52. The van der Waals surface area contributed by atoms with Gasteiger partial charge in [0.1, 0.15) is 0 Å². The number of nitrogens with zero attached hydrogens (tertiary/aromatic N) is 3. The number of piperidine rings is 1. The highest BCUT2D eigenvalue weighted by Gasteiger charge is 2.47. The fourth-order valence-electron chi connectivity index (χ4n) is 3.69. The Kier molecular flexibility index (Phi) is 3.18. The first-order valence-corrected chi connectivity index (χ1v) is 7.41. The lowest BCUT2D eigenvalue weighted by Gasteiger charge is -2.51. The Balaban J connectivity index is 1.63. The number of aryl methyl sites for hydroxylation is 2. The molecule has 1 N–H and O–H groups in total. The lowest BCUT2D eigenvalue weighted by molar-refractivity contribution is -0.100. The second kappa shape index (κ2) is 4.60. The van der Waals surface area contributed by atoms with Crippen LogP contribution in [0.15, 0.2) is 0 Å². The Morgan fingerprint density at radius 3 is 2.37 bits per heavy atom. The molecule has 2 aliphatic rings. The maximum atomic E-state index is 9.96. The Hall–Kier alpha value is -0.870. The minimum absolute atomic E-state index is 0.0310. The summed E-state index contributed by atoms with van der Waals surface area (Å²) >= 11 is 0. The van der Waals surface area contributed by atoms with Crippen LogP contribution < -0.4 is 0 Å². The van der Waals surface area contributed by atoms with Gasteiger partial charge in [-0.2, -0.15) is 5.10 Å². The van der Waals surface area contributed by atoms with E-state index < -0.39 is 0 Å². The van der Waals surface area contributed by atoms with Crippen molar-refractivity contribution >= 4 is 0 Å². The quantitative estimate of drug-likeness (QED) is 0.884. The van der Waals surface area contributed by atoms with Gasteiger partial charge in [-0.15, -0.1) is 0 Å². The van der Waals surface area contributed by atoms with Crippen LogP contribution in [0.1, 0.15) is 42.6 Å². The molecular formula is C15H25N3O. The number of hydrogen-bond acceptors (Lipinski definition) is 3. The Labute approximate surface area is 115 Å². The zero-order valence-corrected chi connectivity index (χ0v) is 12.3. The van der Waals surface area contributed by atoms with E-state index in [0.29, 0.717) is 0 Å². The summed E-state index contributed by atoms with van der Waals surface area (Å²) < 4.78 is 1.98. The summed E-state index contributed by atoms with van der Waals surface area (Å²) in [6, 6.07) is 0. The third-order valence-corrected chi connectivity index (χ3v) is 5.51. The molecule has 1 atom stereocenters. The largest absolute Gasteiger partial charge is 0.393 e. The molecule has 1 aromatic heterocycles. The molecule has 1 saturated carbocycles. The van der Waals surface area contributed by atoms with Gasteiger partial charge in [-0.05, 0) is 58.0 Å². The Bertz CT molecular complexity index is 472. The summed E-state index contributed by atoms with van der Waals surface area (Å²) in [6.07, 6.45) is 4.53. The number of aromatic nitrogens is 2. The number of hydrogen-bond donors (Lipinski definition) is 1. The maximum Gasteiger partial charge on any atom is 0.0641 e. The van der Waals surface area contributed by atoms with E-state index in [1.54, 1.807) is 0 Å². The van der Waals surface area contributed by atoms with Crippen molar-refractivity contribution in [3.05, 3.63) is 17.0 Å². The second-order valence-electron chi connectivity index (χ2n) is 6.47. The number of rotatable bonds is 2. The van der Waals surface area contributed by atoms with Crippen molar-refractivity contribution in [1.82, 2.24) is 14.7 Å². The van der Waals surface area contributed by atoms with Gasteiger partial charge in [0, 0.05) is 24.8 Å². The van der Waals surface area contributed by atoms with E-state index in [2.05, 4.69) is 23.8 Å². The smallest absolute Gasteiger partial charge is 0.0641 e. The minimum Gasteiger partial charge on any atom is -0.393 e. The van der Waals surface area contributed by atoms with Gasteiger partial charge in [0.25, 0.3) is 0 Å². The fraction of sp³-hybridized carbons (Fsp3) is 0.800. The van der Waals surface area contributed by atoms with E-state index in [-0.39, 0.29) is 11.5 Å². The third-order valence-electron chi connectivity index (χ3n) is 5.51. The van der Waals surface area contributed by atoms with Crippen molar-refractivity contribution < 1.29 is 5.11 Å². The van der Waals surface area contributed by atoms with Crippen molar-refractivity contribution in [2.24, 2.45) is 12.5 Å². The molecule has 0 bridgehead atoms. The maximum absolute atomic E-state index is 9.96. The molecule has 1 aromatic rings. The van der Waals surface area contributed by atoms with Gasteiger partial charge < -0.3 is 5.11 Å². The Morgan fingerprint density at radius 1 is 1.26 bits per heavy atom. The van der Waals surface area contributed by atoms with Gasteiger partial charge in [0.15, 0.2) is 0 Å². The summed E-state index contributed by atoms with van der Waals surface area (Å²) in [5, 5.41) is 14.5. The number of aliphatic hydroxyl groups is 1. The molecule has 4 heteroatoms. The van der Waals surface area contributed by atoms with Crippen molar-refractivity contribution in [2.75, 3.05) is 13.1 Å². The van der Waals surface area contributed by atoms with Crippen molar-refractivity contribution in [2.45, 2.75) is 52.2 Å². The fourth-order valence-corrected chi connectivity index (χ4v) is 3.69. The predicted molar refractivity (Wildman–Crippen MR) is 74.9 cm³/mol. The molecule has 19 heavy (non-hydrogen) atoms. The molecule has 1 unspecified atom stereocenters. The highest BCUT2D eigenvalue weighted by molar-refractivity contribution is 5.24. The molecule has 1 spiro atoms. The van der Waals surface area contributed by atoms with Gasteiger partial charge in [-0.25, -0.2) is 0 Å². The summed E-state index contributed by atoms with van der Waals surface area (Å²) in [6.45, 7) is 7.49. The molecule has 1 saturated heterocycles. The Morgan fingerprint density at radius 2 is 1.95 bits per heavy atom. The topological polar surface area (TPSA) is 41.3 Å². The van der Waals surface area contributed by atoms with E-state index in [1.165, 1.54) is 17.7 Å². The summed E-state index contributed by atoms with van der Waals surface area (Å²) in [5.41, 5.74) is 4.09. The first-order valence-electron chi connectivity index (χ1n) is 7.41. The van der Waals surface area contributed by atoms with Crippen LogP contribution in [0.4, 0.5) is 0 Å². The molecule has 0 amide bonds. The van der Waals surface area contributed by atoms with E-state index in [1.807, 2.05) is 11.7 Å². The molecule has 1 aliphatic heterocycles. The van der Waals surface area contributed by atoms with Gasteiger partial charge >= 0.3 is 0 Å². The number of likely N-dealkylation sites (tertiary alicyclic amines) is 1. The van der Waals surface area contributed by atoms with E-state index in [0.717, 1.165) is 44.6 Å². The third kappa shape index (κ3) is 2.11. The monoisotopic (exact) mass is 263 g/mol. The first kappa shape index (κ1) is 13.1. The van der Waals surface area contributed by atoms with Gasteiger partial charge in [-0.1, -0.05) is 0 Å². The molecule has 0 aromatic carbocycles. The van der Waals surface area contributed by atoms with Gasteiger partial charge in [-0.3, -0.25) is 9.58 Å². The predicted octanol–water partition coefficient (Wildman–Crippen LogP) is 1.77. The second-order valence-corrected chi connectivity index (χ2v) is 6.47. The SMILES string of the molecule is Cc1nn(C)c(C)c1CN1CCC2(CCC2O)CC1. The van der Waals surface area contributed by atoms with Crippen LogP contribution in [0.3, 0.4) is 0 Å². The van der Waals surface area contributed by atoms with E-state index in [9.17, 15) is 5.11 Å². The highest BCUT2D eigenvalue weighted by Crippen LogP contribution is 2.49. The molecule has 1 aliphatic carbocycles. The van der Waals surface area contributed by atoms with E-state index >= 15 is 0 Å². The molecule has 2 fully saturated rings. The summed E-state index contributed by atoms with van der Waals surface area (Å²) in [7, 11) is 2.02. The molecule has 106 valence electrons.